The molecule has 0 aliphatic rings. The molecule has 0 bridgehead atoms. The largest absolute Gasteiger partial charge is 0.383 e. The van der Waals surface area contributed by atoms with Crippen LogP contribution in [0.2, 0.25) is 0 Å². The summed E-state index contributed by atoms with van der Waals surface area (Å²) in [6, 6.07) is 8.44. The summed E-state index contributed by atoms with van der Waals surface area (Å²) in [4.78, 5) is 4.31. The Balaban J connectivity index is 1.87. The second-order valence-electron chi connectivity index (χ2n) is 4.19. The van der Waals surface area contributed by atoms with Crippen molar-refractivity contribution in [2.45, 2.75) is 26.8 Å². The van der Waals surface area contributed by atoms with Crippen LogP contribution < -0.4 is 5.32 Å². The summed E-state index contributed by atoms with van der Waals surface area (Å²) in [7, 11) is 0. The van der Waals surface area contributed by atoms with Gasteiger partial charge < -0.3 is 9.88 Å². The van der Waals surface area contributed by atoms with Crippen molar-refractivity contribution in [3.8, 4) is 0 Å². The molecular formula is C14H19N3. The normalized spacial score (nSPS) is 10.5. The van der Waals surface area contributed by atoms with Gasteiger partial charge in [0.15, 0.2) is 0 Å². The maximum atomic E-state index is 4.31. The third kappa shape index (κ3) is 3.09. The van der Waals surface area contributed by atoms with Crippen LogP contribution in [0.5, 0.6) is 0 Å². The maximum absolute atomic E-state index is 4.31. The molecule has 0 saturated heterocycles. The van der Waals surface area contributed by atoms with Gasteiger partial charge in [0.2, 0.25) is 0 Å². The van der Waals surface area contributed by atoms with E-state index in [4.69, 9.17) is 0 Å². The molecule has 2 rings (SSSR count). The van der Waals surface area contributed by atoms with Gasteiger partial charge in [-0.2, -0.15) is 0 Å². The van der Waals surface area contributed by atoms with Crippen molar-refractivity contribution in [3.05, 3.63) is 48.0 Å². The molecule has 0 atom stereocenters. The Bertz CT molecular complexity index is 474. The Hall–Kier alpha value is -1.77. The fourth-order valence-corrected chi connectivity index (χ4v) is 1.93. The first kappa shape index (κ1) is 11.7. The van der Waals surface area contributed by atoms with E-state index in [-0.39, 0.29) is 0 Å². The predicted molar refractivity (Wildman–Crippen MR) is 71.3 cm³/mol. The summed E-state index contributed by atoms with van der Waals surface area (Å²) >= 11 is 0. The van der Waals surface area contributed by atoms with Crippen LogP contribution in [-0.4, -0.2) is 16.1 Å². The molecule has 17 heavy (non-hydrogen) atoms. The molecule has 3 nitrogen and oxygen atoms in total. The zero-order valence-corrected chi connectivity index (χ0v) is 10.5. The minimum atomic E-state index is 0.923. The minimum absolute atomic E-state index is 0.923. The molecule has 0 saturated carbocycles. The van der Waals surface area contributed by atoms with E-state index in [1.54, 1.807) is 0 Å². The number of anilines is 1. The molecule has 1 aromatic heterocycles. The highest BCUT2D eigenvalue weighted by Crippen LogP contribution is 2.09. The van der Waals surface area contributed by atoms with Gasteiger partial charge in [0, 0.05) is 37.6 Å². The Morgan fingerprint density at radius 1 is 1.35 bits per heavy atom. The number of imidazole rings is 1. The summed E-state index contributed by atoms with van der Waals surface area (Å²) in [5, 5.41) is 3.43. The lowest BCUT2D eigenvalue weighted by Gasteiger charge is -2.09. The number of aryl methyl sites for hydroxylation is 2. The van der Waals surface area contributed by atoms with Crippen molar-refractivity contribution in [1.29, 1.82) is 0 Å². The van der Waals surface area contributed by atoms with E-state index in [1.807, 2.05) is 12.4 Å². The first-order valence-corrected chi connectivity index (χ1v) is 6.10. The highest BCUT2D eigenvalue weighted by Gasteiger charge is 1.99. The van der Waals surface area contributed by atoms with Crippen LogP contribution in [0, 0.1) is 6.92 Å². The summed E-state index contributed by atoms with van der Waals surface area (Å²) in [6.07, 6.45) is 4.89. The van der Waals surface area contributed by atoms with E-state index < -0.39 is 0 Å². The summed E-state index contributed by atoms with van der Waals surface area (Å²) in [6.45, 7) is 6.12. The average molecular weight is 229 g/mol. The van der Waals surface area contributed by atoms with Crippen molar-refractivity contribution < 1.29 is 0 Å². The first-order chi connectivity index (χ1) is 8.29. The number of hydrogen-bond acceptors (Lipinski definition) is 2. The zero-order chi connectivity index (χ0) is 12.1. The SMILES string of the molecule is CCc1nccn1CCNc1cccc(C)c1. The van der Waals surface area contributed by atoms with Crippen molar-refractivity contribution in [1.82, 2.24) is 9.55 Å². The molecule has 2 aromatic rings. The maximum Gasteiger partial charge on any atom is 0.108 e. The lowest BCUT2D eigenvalue weighted by molar-refractivity contribution is 0.681. The summed E-state index contributed by atoms with van der Waals surface area (Å²) in [5.74, 6) is 1.15. The molecule has 0 aliphatic carbocycles. The van der Waals surface area contributed by atoms with Gasteiger partial charge in [-0.15, -0.1) is 0 Å². The Labute approximate surface area is 103 Å². The number of nitrogens with one attached hydrogen (secondary N) is 1. The molecule has 1 aromatic carbocycles. The van der Waals surface area contributed by atoms with Crippen LogP contribution in [0.15, 0.2) is 36.7 Å². The molecule has 3 heteroatoms. The third-order valence-electron chi connectivity index (χ3n) is 2.82. The Morgan fingerprint density at radius 3 is 3.00 bits per heavy atom. The molecule has 0 spiro atoms. The number of nitrogens with zero attached hydrogens (tertiary/aromatic N) is 2. The van der Waals surface area contributed by atoms with Crippen LogP contribution in [0.1, 0.15) is 18.3 Å². The van der Waals surface area contributed by atoms with Crippen molar-refractivity contribution >= 4 is 5.69 Å². The van der Waals surface area contributed by atoms with Crippen LogP contribution >= 0.6 is 0 Å². The Morgan fingerprint density at radius 2 is 2.24 bits per heavy atom. The van der Waals surface area contributed by atoms with Crippen molar-refractivity contribution in [2.75, 3.05) is 11.9 Å². The fourth-order valence-electron chi connectivity index (χ4n) is 1.93. The number of hydrogen-bond donors (Lipinski definition) is 1. The van der Waals surface area contributed by atoms with Gasteiger partial charge in [0.05, 0.1) is 0 Å². The average Bonchev–Trinajstić information content (AvgIpc) is 2.77. The monoisotopic (exact) mass is 229 g/mol. The van der Waals surface area contributed by atoms with Gasteiger partial charge in [-0.25, -0.2) is 4.98 Å². The molecule has 0 aliphatic heterocycles. The zero-order valence-electron chi connectivity index (χ0n) is 10.5. The summed E-state index contributed by atoms with van der Waals surface area (Å²) in [5.41, 5.74) is 2.47. The van der Waals surface area contributed by atoms with E-state index >= 15 is 0 Å². The van der Waals surface area contributed by atoms with Gasteiger partial charge in [-0.1, -0.05) is 19.1 Å². The Kier molecular flexibility index (Phi) is 3.81. The van der Waals surface area contributed by atoms with Gasteiger partial charge in [0.1, 0.15) is 5.82 Å². The van der Waals surface area contributed by atoms with Crippen LogP contribution in [0.25, 0.3) is 0 Å². The number of rotatable bonds is 5. The molecular weight excluding hydrogens is 210 g/mol. The standard InChI is InChI=1S/C14H19N3/c1-3-14-16-8-10-17(14)9-7-15-13-6-4-5-12(2)11-13/h4-6,8,10-11,15H,3,7,9H2,1-2H3. The summed E-state index contributed by atoms with van der Waals surface area (Å²) < 4.78 is 2.20. The smallest absolute Gasteiger partial charge is 0.108 e. The van der Waals surface area contributed by atoms with Gasteiger partial charge in [-0.3, -0.25) is 0 Å². The first-order valence-electron chi connectivity index (χ1n) is 6.10. The van der Waals surface area contributed by atoms with E-state index in [0.717, 1.165) is 25.3 Å². The minimum Gasteiger partial charge on any atom is -0.383 e. The molecule has 0 unspecified atom stereocenters. The van der Waals surface area contributed by atoms with Crippen LogP contribution in [-0.2, 0) is 13.0 Å². The van der Waals surface area contributed by atoms with Crippen LogP contribution in [0.3, 0.4) is 0 Å². The van der Waals surface area contributed by atoms with E-state index in [1.165, 1.54) is 11.3 Å². The quantitative estimate of drug-likeness (QED) is 0.854. The van der Waals surface area contributed by atoms with Crippen LogP contribution in [0.4, 0.5) is 5.69 Å². The highest BCUT2D eigenvalue weighted by atomic mass is 15.1. The van der Waals surface area contributed by atoms with Gasteiger partial charge in [0.25, 0.3) is 0 Å². The van der Waals surface area contributed by atoms with Crippen molar-refractivity contribution in [2.24, 2.45) is 0 Å². The molecule has 1 heterocycles. The lowest BCUT2D eigenvalue weighted by atomic mass is 10.2. The van der Waals surface area contributed by atoms with E-state index in [0.29, 0.717) is 0 Å². The molecule has 90 valence electrons. The number of benzene rings is 1. The van der Waals surface area contributed by atoms with Gasteiger partial charge in [-0.05, 0) is 24.6 Å². The molecule has 0 radical (unpaired) electrons. The lowest BCUT2D eigenvalue weighted by Crippen LogP contribution is -2.12. The van der Waals surface area contributed by atoms with Crippen molar-refractivity contribution in [3.63, 3.8) is 0 Å². The topological polar surface area (TPSA) is 29.9 Å². The van der Waals surface area contributed by atoms with Gasteiger partial charge >= 0.3 is 0 Å². The number of aromatic nitrogens is 2. The van der Waals surface area contributed by atoms with E-state index in [2.05, 4.69) is 53.0 Å². The second kappa shape index (κ2) is 5.53. The predicted octanol–water partition coefficient (Wildman–Crippen LogP) is 2.87. The second-order valence-corrected chi connectivity index (χ2v) is 4.19. The molecule has 0 amide bonds. The third-order valence-corrected chi connectivity index (χ3v) is 2.82. The fraction of sp³-hybridized carbons (Fsp3) is 0.357. The molecule has 1 N–H and O–H groups in total. The highest BCUT2D eigenvalue weighted by molar-refractivity contribution is 5.45. The molecule has 0 fully saturated rings. The van der Waals surface area contributed by atoms with E-state index in [9.17, 15) is 0 Å².